The molecular weight excluding hydrogens is 242 g/mol. The van der Waals surface area contributed by atoms with E-state index in [4.69, 9.17) is 0 Å². The lowest BCUT2D eigenvalue weighted by atomic mass is 10.1. The van der Waals surface area contributed by atoms with Gasteiger partial charge in [0, 0.05) is 18.8 Å². The average molecular weight is 261 g/mol. The number of nitrogens with zero attached hydrogens (tertiary/aromatic N) is 2. The molecule has 1 atom stereocenters. The van der Waals surface area contributed by atoms with Gasteiger partial charge in [0.15, 0.2) is 0 Å². The summed E-state index contributed by atoms with van der Waals surface area (Å²) in [5, 5.41) is 7.61. The van der Waals surface area contributed by atoms with Gasteiger partial charge in [-0.25, -0.2) is 4.98 Å². The van der Waals surface area contributed by atoms with Crippen LogP contribution in [0.4, 0.5) is 5.95 Å². The summed E-state index contributed by atoms with van der Waals surface area (Å²) in [6, 6.07) is 2.58. The topological polar surface area (TPSA) is 29.9 Å². The van der Waals surface area contributed by atoms with Gasteiger partial charge < -0.3 is 9.88 Å². The van der Waals surface area contributed by atoms with E-state index in [1.165, 1.54) is 5.56 Å². The maximum Gasteiger partial charge on any atom is 0.203 e. The number of hydrogen-bond donors (Lipinski definition) is 1. The zero-order chi connectivity index (χ0) is 13.0. The first-order valence-corrected chi connectivity index (χ1v) is 7.06. The van der Waals surface area contributed by atoms with E-state index < -0.39 is 0 Å². The predicted molar refractivity (Wildman–Crippen MR) is 78.4 cm³/mol. The second-order valence-corrected chi connectivity index (χ2v) is 5.25. The van der Waals surface area contributed by atoms with Crippen LogP contribution in [-0.2, 0) is 6.42 Å². The van der Waals surface area contributed by atoms with Gasteiger partial charge in [-0.3, -0.25) is 0 Å². The summed E-state index contributed by atoms with van der Waals surface area (Å²) in [6.45, 7) is 8.70. The Kier molecular flexibility index (Phi) is 4.20. The Morgan fingerprint density at radius 3 is 3.11 bits per heavy atom. The number of nitrogens with one attached hydrogen (secondary N) is 1. The van der Waals surface area contributed by atoms with Crippen LogP contribution in [0, 0.1) is 6.92 Å². The van der Waals surface area contributed by atoms with Gasteiger partial charge in [0.05, 0.1) is 5.69 Å². The van der Waals surface area contributed by atoms with E-state index >= 15 is 0 Å². The molecule has 2 rings (SSSR count). The molecule has 0 aliphatic heterocycles. The van der Waals surface area contributed by atoms with Gasteiger partial charge in [0.2, 0.25) is 5.95 Å². The molecule has 2 aromatic heterocycles. The molecule has 96 valence electrons. The van der Waals surface area contributed by atoms with Crippen molar-refractivity contribution in [1.82, 2.24) is 9.55 Å². The third-order valence-electron chi connectivity index (χ3n) is 2.84. The first-order chi connectivity index (χ1) is 8.70. The minimum atomic E-state index is 0.396. The predicted octanol–water partition coefficient (Wildman–Crippen LogP) is 3.65. The lowest BCUT2D eigenvalue weighted by Crippen LogP contribution is -2.12. The number of aryl methyl sites for hydroxylation is 1. The molecule has 1 unspecified atom stereocenters. The highest BCUT2D eigenvalue weighted by Crippen LogP contribution is 2.21. The molecule has 2 aromatic rings. The van der Waals surface area contributed by atoms with Gasteiger partial charge in [0.1, 0.15) is 0 Å². The number of aromatic nitrogens is 2. The Morgan fingerprint density at radius 2 is 2.44 bits per heavy atom. The Balaban J connectivity index is 2.13. The van der Waals surface area contributed by atoms with Crippen LogP contribution >= 0.6 is 11.3 Å². The highest BCUT2D eigenvalue weighted by atomic mass is 32.1. The third kappa shape index (κ3) is 3.01. The van der Waals surface area contributed by atoms with Crippen LogP contribution in [0.1, 0.15) is 24.2 Å². The molecule has 3 nitrogen and oxygen atoms in total. The Labute approximate surface area is 112 Å². The van der Waals surface area contributed by atoms with Crippen LogP contribution < -0.4 is 5.32 Å². The zero-order valence-electron chi connectivity index (χ0n) is 10.9. The van der Waals surface area contributed by atoms with E-state index in [0.717, 1.165) is 24.6 Å². The number of rotatable bonds is 6. The SMILES string of the molecule is C=CCNc1nc(C)cn1C(C)Cc1ccsc1. The standard InChI is InChI=1S/C14H19N3S/c1-4-6-15-14-16-11(2)9-17(14)12(3)8-13-5-7-18-10-13/h4-5,7,9-10,12H,1,6,8H2,2-3H3,(H,15,16). The summed E-state index contributed by atoms with van der Waals surface area (Å²) < 4.78 is 2.20. The van der Waals surface area contributed by atoms with Gasteiger partial charge in [-0.05, 0) is 42.7 Å². The molecule has 0 radical (unpaired) electrons. The lowest BCUT2D eigenvalue weighted by Gasteiger charge is -2.16. The zero-order valence-corrected chi connectivity index (χ0v) is 11.7. The van der Waals surface area contributed by atoms with Crippen molar-refractivity contribution in [3.05, 3.63) is 46.9 Å². The van der Waals surface area contributed by atoms with Crippen molar-refractivity contribution in [3.8, 4) is 0 Å². The summed E-state index contributed by atoms with van der Waals surface area (Å²) in [6.07, 6.45) is 4.97. The Bertz CT molecular complexity index is 499. The average Bonchev–Trinajstić information content (AvgIpc) is 2.96. The smallest absolute Gasteiger partial charge is 0.203 e. The third-order valence-corrected chi connectivity index (χ3v) is 3.58. The van der Waals surface area contributed by atoms with Crippen LogP contribution in [0.5, 0.6) is 0 Å². The van der Waals surface area contributed by atoms with Gasteiger partial charge in [0.25, 0.3) is 0 Å². The van der Waals surface area contributed by atoms with Gasteiger partial charge in [-0.1, -0.05) is 6.08 Å². The van der Waals surface area contributed by atoms with Crippen LogP contribution in [-0.4, -0.2) is 16.1 Å². The summed E-state index contributed by atoms with van der Waals surface area (Å²) >= 11 is 1.75. The van der Waals surface area contributed by atoms with Crippen molar-refractivity contribution in [2.24, 2.45) is 0 Å². The molecule has 1 N–H and O–H groups in total. The summed E-state index contributed by atoms with van der Waals surface area (Å²) in [5.41, 5.74) is 2.42. The van der Waals surface area contributed by atoms with Crippen LogP contribution in [0.3, 0.4) is 0 Å². The van der Waals surface area contributed by atoms with Crippen molar-refractivity contribution in [1.29, 1.82) is 0 Å². The van der Waals surface area contributed by atoms with E-state index in [1.807, 2.05) is 13.0 Å². The molecule has 0 aliphatic rings. The van der Waals surface area contributed by atoms with Gasteiger partial charge >= 0.3 is 0 Å². The first kappa shape index (κ1) is 12.9. The van der Waals surface area contributed by atoms with E-state index in [0.29, 0.717) is 6.04 Å². The molecule has 0 aromatic carbocycles. The highest BCUT2D eigenvalue weighted by Gasteiger charge is 2.12. The van der Waals surface area contributed by atoms with E-state index in [2.05, 4.69) is 51.4 Å². The summed E-state index contributed by atoms with van der Waals surface area (Å²) in [5.74, 6) is 0.926. The minimum Gasteiger partial charge on any atom is -0.352 e. The number of hydrogen-bond acceptors (Lipinski definition) is 3. The van der Waals surface area contributed by atoms with Crippen molar-refractivity contribution >= 4 is 17.3 Å². The van der Waals surface area contributed by atoms with Crippen molar-refractivity contribution in [3.63, 3.8) is 0 Å². The molecule has 18 heavy (non-hydrogen) atoms. The molecule has 0 fully saturated rings. The molecule has 0 bridgehead atoms. The fraction of sp³-hybridized carbons (Fsp3) is 0.357. The molecular formula is C14H19N3S. The van der Waals surface area contributed by atoms with Crippen molar-refractivity contribution in [2.75, 3.05) is 11.9 Å². The highest BCUT2D eigenvalue weighted by molar-refractivity contribution is 7.07. The maximum absolute atomic E-state index is 4.51. The maximum atomic E-state index is 4.51. The van der Waals surface area contributed by atoms with Crippen LogP contribution in [0.25, 0.3) is 0 Å². The van der Waals surface area contributed by atoms with E-state index in [9.17, 15) is 0 Å². The fourth-order valence-electron chi connectivity index (χ4n) is 1.99. The molecule has 2 heterocycles. The fourth-order valence-corrected chi connectivity index (χ4v) is 2.68. The lowest BCUT2D eigenvalue weighted by molar-refractivity contribution is 0.550. The Hall–Kier alpha value is -1.55. The van der Waals surface area contributed by atoms with E-state index in [1.54, 1.807) is 11.3 Å². The Morgan fingerprint density at radius 1 is 1.61 bits per heavy atom. The minimum absolute atomic E-state index is 0.396. The second-order valence-electron chi connectivity index (χ2n) is 4.47. The molecule has 4 heteroatoms. The van der Waals surface area contributed by atoms with Gasteiger partial charge in [-0.15, -0.1) is 6.58 Å². The molecule has 0 amide bonds. The summed E-state index contributed by atoms with van der Waals surface area (Å²) in [4.78, 5) is 4.51. The molecule has 0 spiro atoms. The van der Waals surface area contributed by atoms with Crippen LogP contribution in [0.15, 0.2) is 35.7 Å². The van der Waals surface area contributed by atoms with Gasteiger partial charge in [-0.2, -0.15) is 11.3 Å². The quantitative estimate of drug-likeness (QED) is 0.804. The second kappa shape index (κ2) is 5.87. The van der Waals surface area contributed by atoms with Crippen LogP contribution in [0.2, 0.25) is 0 Å². The summed E-state index contributed by atoms with van der Waals surface area (Å²) in [7, 11) is 0. The first-order valence-electron chi connectivity index (χ1n) is 6.12. The number of anilines is 1. The van der Waals surface area contributed by atoms with Crippen molar-refractivity contribution in [2.45, 2.75) is 26.3 Å². The largest absolute Gasteiger partial charge is 0.352 e. The molecule has 0 saturated heterocycles. The number of imidazole rings is 1. The normalized spacial score (nSPS) is 12.3. The monoisotopic (exact) mass is 261 g/mol. The van der Waals surface area contributed by atoms with Crippen molar-refractivity contribution < 1.29 is 0 Å². The molecule has 0 aliphatic carbocycles. The van der Waals surface area contributed by atoms with E-state index in [-0.39, 0.29) is 0 Å². The number of thiophene rings is 1. The molecule has 0 saturated carbocycles.